The average Bonchev–Trinajstić information content (AvgIpc) is 2.41. The van der Waals surface area contributed by atoms with E-state index in [9.17, 15) is 8.78 Å². The van der Waals surface area contributed by atoms with E-state index < -0.39 is 11.6 Å². The summed E-state index contributed by atoms with van der Waals surface area (Å²) in [4.78, 5) is 0. The van der Waals surface area contributed by atoms with Crippen molar-refractivity contribution >= 4 is 0 Å². The van der Waals surface area contributed by atoms with E-state index in [-0.39, 0.29) is 5.41 Å². The number of halogens is 2. The van der Waals surface area contributed by atoms with Crippen LogP contribution in [0.1, 0.15) is 37.5 Å². The number of nitrogens with one attached hydrogen (secondary N) is 1. The predicted molar refractivity (Wildman–Crippen MR) is 82.0 cm³/mol. The first-order chi connectivity index (χ1) is 9.86. The molecule has 2 aromatic rings. The molecule has 0 atom stereocenters. The highest BCUT2D eigenvalue weighted by Crippen LogP contribution is 2.22. The van der Waals surface area contributed by atoms with Gasteiger partial charge >= 0.3 is 0 Å². The lowest BCUT2D eigenvalue weighted by Crippen LogP contribution is -2.15. The van der Waals surface area contributed by atoms with Gasteiger partial charge in [-0.3, -0.25) is 0 Å². The molecule has 0 aromatic heterocycles. The summed E-state index contributed by atoms with van der Waals surface area (Å²) in [6, 6.07) is 12.1. The van der Waals surface area contributed by atoms with Crippen molar-refractivity contribution < 1.29 is 8.78 Å². The van der Waals surface area contributed by atoms with E-state index in [0.29, 0.717) is 18.7 Å². The van der Waals surface area contributed by atoms with Gasteiger partial charge in [-0.1, -0.05) is 51.1 Å². The van der Waals surface area contributed by atoms with Gasteiger partial charge in [0, 0.05) is 24.7 Å². The van der Waals surface area contributed by atoms with Crippen molar-refractivity contribution in [1.82, 2.24) is 5.32 Å². The van der Waals surface area contributed by atoms with Crippen molar-refractivity contribution in [2.45, 2.75) is 39.3 Å². The van der Waals surface area contributed by atoms with Crippen LogP contribution in [0.4, 0.5) is 8.78 Å². The molecule has 2 aromatic carbocycles. The van der Waals surface area contributed by atoms with Crippen LogP contribution in [0, 0.1) is 11.6 Å². The van der Waals surface area contributed by atoms with Crippen LogP contribution in [0.25, 0.3) is 0 Å². The lowest BCUT2D eigenvalue weighted by atomic mass is 9.87. The van der Waals surface area contributed by atoms with Crippen LogP contribution in [0.15, 0.2) is 42.5 Å². The first kappa shape index (κ1) is 15.6. The second-order valence-corrected chi connectivity index (χ2v) is 6.29. The molecule has 2 rings (SSSR count). The second kappa shape index (κ2) is 6.35. The lowest BCUT2D eigenvalue weighted by Gasteiger charge is -2.19. The van der Waals surface area contributed by atoms with Gasteiger partial charge in [-0.15, -0.1) is 0 Å². The Morgan fingerprint density at radius 3 is 2.14 bits per heavy atom. The normalized spacial score (nSPS) is 11.7. The van der Waals surface area contributed by atoms with Crippen molar-refractivity contribution in [2.75, 3.05) is 0 Å². The first-order valence-corrected chi connectivity index (χ1v) is 7.10. The number of rotatable bonds is 4. The van der Waals surface area contributed by atoms with Crippen molar-refractivity contribution in [3.63, 3.8) is 0 Å². The molecule has 1 N–H and O–H groups in total. The largest absolute Gasteiger partial charge is 0.309 e. The Hall–Kier alpha value is -1.74. The Kier molecular flexibility index (Phi) is 4.73. The predicted octanol–water partition coefficient (Wildman–Crippen LogP) is 4.55. The zero-order chi connectivity index (χ0) is 15.5. The van der Waals surface area contributed by atoms with E-state index in [4.69, 9.17) is 0 Å². The minimum atomic E-state index is -0.547. The van der Waals surface area contributed by atoms with Crippen LogP contribution in [-0.4, -0.2) is 0 Å². The van der Waals surface area contributed by atoms with E-state index in [1.165, 1.54) is 17.7 Å². The maximum Gasteiger partial charge on any atom is 0.130 e. The Morgan fingerprint density at radius 1 is 0.905 bits per heavy atom. The molecule has 0 amide bonds. The van der Waals surface area contributed by atoms with Crippen LogP contribution in [-0.2, 0) is 18.5 Å². The third-order valence-electron chi connectivity index (χ3n) is 3.48. The topological polar surface area (TPSA) is 12.0 Å². The Balaban J connectivity index is 1.91. The summed E-state index contributed by atoms with van der Waals surface area (Å²) in [7, 11) is 0. The fourth-order valence-electron chi connectivity index (χ4n) is 2.13. The third kappa shape index (κ3) is 4.36. The molecule has 0 saturated heterocycles. The maximum absolute atomic E-state index is 13.5. The van der Waals surface area contributed by atoms with Crippen LogP contribution in [0.2, 0.25) is 0 Å². The second-order valence-electron chi connectivity index (χ2n) is 6.29. The molecular formula is C18H21F2N. The molecule has 1 nitrogen and oxygen atoms in total. The average molecular weight is 289 g/mol. The Labute approximate surface area is 125 Å². The van der Waals surface area contributed by atoms with Gasteiger partial charge in [0.2, 0.25) is 0 Å². The molecule has 0 aliphatic carbocycles. The molecule has 0 fully saturated rings. The van der Waals surface area contributed by atoms with Gasteiger partial charge in [0.1, 0.15) is 11.6 Å². The number of hydrogen-bond donors (Lipinski definition) is 1. The smallest absolute Gasteiger partial charge is 0.130 e. The van der Waals surface area contributed by atoms with E-state index in [1.807, 2.05) is 0 Å². The van der Waals surface area contributed by atoms with Gasteiger partial charge in [0.05, 0.1) is 0 Å². The quantitative estimate of drug-likeness (QED) is 0.870. The molecule has 0 unspecified atom stereocenters. The molecule has 112 valence electrons. The summed E-state index contributed by atoms with van der Waals surface area (Å²) in [5.74, 6) is -1.06. The van der Waals surface area contributed by atoms with Gasteiger partial charge in [-0.05, 0) is 22.6 Å². The molecule has 0 saturated carbocycles. The van der Waals surface area contributed by atoms with Gasteiger partial charge in [-0.2, -0.15) is 0 Å². The summed E-state index contributed by atoms with van der Waals surface area (Å²) in [6.07, 6.45) is 0. The monoisotopic (exact) mass is 289 g/mol. The zero-order valence-corrected chi connectivity index (χ0v) is 12.7. The molecule has 0 bridgehead atoms. The molecule has 3 heteroatoms. The SMILES string of the molecule is CC(C)(C)c1ccc(CNCc2ccc(F)cc2F)cc1. The molecule has 21 heavy (non-hydrogen) atoms. The van der Waals surface area contributed by atoms with Crippen LogP contribution in [0.3, 0.4) is 0 Å². The summed E-state index contributed by atoms with van der Waals surface area (Å²) in [5, 5.41) is 3.17. The van der Waals surface area contributed by atoms with E-state index in [0.717, 1.165) is 11.6 Å². The van der Waals surface area contributed by atoms with Crippen LogP contribution < -0.4 is 5.32 Å². The molecule has 0 heterocycles. The highest BCUT2D eigenvalue weighted by molar-refractivity contribution is 5.27. The summed E-state index contributed by atoms with van der Waals surface area (Å²) in [5.41, 5.74) is 3.05. The molecule has 0 radical (unpaired) electrons. The standard InChI is InChI=1S/C18H21F2N/c1-18(2,3)15-7-4-13(5-8-15)11-21-12-14-6-9-16(19)10-17(14)20/h4-10,21H,11-12H2,1-3H3. The van der Waals surface area contributed by atoms with E-state index in [1.54, 1.807) is 0 Å². The van der Waals surface area contributed by atoms with Crippen molar-refractivity contribution in [2.24, 2.45) is 0 Å². The van der Waals surface area contributed by atoms with Crippen molar-refractivity contribution in [3.8, 4) is 0 Å². The highest BCUT2D eigenvalue weighted by Gasteiger charge is 2.12. The first-order valence-electron chi connectivity index (χ1n) is 7.10. The fourth-order valence-corrected chi connectivity index (χ4v) is 2.13. The summed E-state index contributed by atoms with van der Waals surface area (Å²) in [6.45, 7) is 7.57. The highest BCUT2D eigenvalue weighted by atomic mass is 19.1. The number of hydrogen-bond acceptors (Lipinski definition) is 1. The van der Waals surface area contributed by atoms with Crippen LogP contribution >= 0.6 is 0 Å². The maximum atomic E-state index is 13.5. The summed E-state index contributed by atoms with van der Waals surface area (Å²) < 4.78 is 26.3. The zero-order valence-electron chi connectivity index (χ0n) is 12.7. The van der Waals surface area contributed by atoms with Crippen LogP contribution in [0.5, 0.6) is 0 Å². The third-order valence-corrected chi connectivity index (χ3v) is 3.48. The minimum Gasteiger partial charge on any atom is -0.309 e. The van der Waals surface area contributed by atoms with Gasteiger partial charge in [0.15, 0.2) is 0 Å². The number of benzene rings is 2. The molecule has 0 spiro atoms. The van der Waals surface area contributed by atoms with Gasteiger partial charge in [-0.25, -0.2) is 8.78 Å². The summed E-state index contributed by atoms with van der Waals surface area (Å²) >= 11 is 0. The van der Waals surface area contributed by atoms with Gasteiger partial charge < -0.3 is 5.32 Å². The fraction of sp³-hybridized carbons (Fsp3) is 0.333. The molecule has 0 aliphatic rings. The van der Waals surface area contributed by atoms with E-state index >= 15 is 0 Å². The molecular weight excluding hydrogens is 268 g/mol. The minimum absolute atomic E-state index is 0.142. The van der Waals surface area contributed by atoms with E-state index in [2.05, 4.69) is 50.4 Å². The van der Waals surface area contributed by atoms with Crippen molar-refractivity contribution in [1.29, 1.82) is 0 Å². The molecule has 0 aliphatic heterocycles. The Morgan fingerprint density at radius 2 is 1.57 bits per heavy atom. The Bertz CT molecular complexity index is 598. The lowest BCUT2D eigenvalue weighted by molar-refractivity contribution is 0.560. The van der Waals surface area contributed by atoms with Crippen molar-refractivity contribution in [3.05, 3.63) is 70.8 Å². The van der Waals surface area contributed by atoms with Gasteiger partial charge in [0.25, 0.3) is 0 Å².